The smallest absolute Gasteiger partial charge is 0.0129 e. The van der Waals surface area contributed by atoms with Crippen LogP contribution in [0.1, 0.15) is 54.9 Å². The van der Waals surface area contributed by atoms with Crippen LogP contribution in [0.2, 0.25) is 0 Å². The summed E-state index contributed by atoms with van der Waals surface area (Å²) in [6, 6.07) is 14.4. The average molecular weight is 338 g/mol. The molecule has 0 heterocycles. The second kappa shape index (κ2) is 7.40. The van der Waals surface area contributed by atoms with Gasteiger partial charge in [0.2, 0.25) is 0 Å². The third-order valence-electron chi connectivity index (χ3n) is 5.46. The average Bonchev–Trinajstić information content (AvgIpc) is 2.99. The molecule has 0 aromatic heterocycles. The van der Waals surface area contributed by atoms with Crippen LogP contribution < -0.4 is 10.6 Å². The molecule has 0 unspecified atom stereocenters. The highest BCUT2D eigenvalue weighted by molar-refractivity contribution is 7.73. The van der Waals surface area contributed by atoms with Crippen LogP contribution in [0.4, 0.5) is 0 Å². The van der Waals surface area contributed by atoms with Gasteiger partial charge < -0.3 is 0 Å². The first kappa shape index (κ1) is 17.7. The van der Waals surface area contributed by atoms with Gasteiger partial charge in [-0.25, -0.2) is 0 Å². The Balaban J connectivity index is 2.08. The lowest BCUT2D eigenvalue weighted by Crippen LogP contribution is -2.25. The van der Waals surface area contributed by atoms with Crippen molar-refractivity contribution < 1.29 is 0 Å². The van der Waals surface area contributed by atoms with Gasteiger partial charge in [0.25, 0.3) is 0 Å². The summed E-state index contributed by atoms with van der Waals surface area (Å²) in [5.41, 5.74) is 6.38. The van der Waals surface area contributed by atoms with Crippen LogP contribution in [-0.2, 0) is 0 Å². The maximum Gasteiger partial charge on any atom is -0.0129 e. The molecular weight excluding hydrogens is 307 g/mol. The fraction of sp³-hybridized carbons (Fsp3) is 0.478. The summed E-state index contributed by atoms with van der Waals surface area (Å²) >= 11 is 0. The maximum absolute atomic E-state index is 2.52. The number of hydrogen-bond acceptors (Lipinski definition) is 0. The van der Waals surface area contributed by atoms with Crippen molar-refractivity contribution in [2.24, 2.45) is 5.92 Å². The Labute approximate surface area is 149 Å². The molecule has 1 aliphatic carbocycles. The molecule has 3 rings (SSSR count). The van der Waals surface area contributed by atoms with Gasteiger partial charge in [0.15, 0.2) is 0 Å². The third kappa shape index (κ3) is 3.92. The van der Waals surface area contributed by atoms with Crippen molar-refractivity contribution in [3.8, 4) is 0 Å². The Morgan fingerprint density at radius 3 is 1.46 bits per heavy atom. The fourth-order valence-corrected chi connectivity index (χ4v) is 7.78. The number of aryl methyl sites for hydroxylation is 4. The zero-order valence-electron chi connectivity index (χ0n) is 15.9. The summed E-state index contributed by atoms with van der Waals surface area (Å²) in [5, 5.41) is 3.15. The van der Waals surface area contributed by atoms with Crippen molar-refractivity contribution >= 4 is 18.5 Å². The summed E-state index contributed by atoms with van der Waals surface area (Å²) < 4.78 is 0. The predicted octanol–water partition coefficient (Wildman–Crippen LogP) is 5.93. The van der Waals surface area contributed by atoms with Gasteiger partial charge in [-0.3, -0.25) is 0 Å². The van der Waals surface area contributed by atoms with E-state index in [1.54, 1.807) is 10.6 Å². The first-order chi connectivity index (χ1) is 11.4. The van der Waals surface area contributed by atoms with E-state index in [9.17, 15) is 0 Å². The van der Waals surface area contributed by atoms with Crippen molar-refractivity contribution in [1.29, 1.82) is 0 Å². The Bertz CT molecular complexity index is 618. The maximum atomic E-state index is 2.52. The number of benzene rings is 2. The minimum atomic E-state index is -0.288. The van der Waals surface area contributed by atoms with E-state index in [0.717, 1.165) is 11.6 Å². The first-order valence-corrected chi connectivity index (χ1v) is 10.8. The molecule has 0 aliphatic heterocycles. The van der Waals surface area contributed by atoms with Gasteiger partial charge >= 0.3 is 0 Å². The highest BCUT2D eigenvalue weighted by atomic mass is 31.1. The third-order valence-corrected chi connectivity index (χ3v) is 8.32. The van der Waals surface area contributed by atoms with Gasteiger partial charge in [-0.05, 0) is 70.6 Å². The van der Waals surface area contributed by atoms with E-state index in [4.69, 9.17) is 0 Å². The lowest BCUT2D eigenvalue weighted by atomic mass is 10.1. The SMILES string of the molecule is Cc1cc(C)cc(P(c2cc(C)cc(C)c2)[C@H](C)C2CCCC2)c1. The van der Waals surface area contributed by atoms with Gasteiger partial charge in [-0.1, -0.05) is 78.4 Å². The first-order valence-electron chi connectivity index (χ1n) is 9.40. The molecule has 24 heavy (non-hydrogen) atoms. The molecule has 0 nitrogen and oxygen atoms in total. The molecule has 128 valence electrons. The van der Waals surface area contributed by atoms with Crippen LogP contribution in [0.15, 0.2) is 36.4 Å². The second-order valence-electron chi connectivity index (χ2n) is 7.85. The minimum Gasteiger partial charge on any atom is -0.0577 e. The molecule has 1 saturated carbocycles. The van der Waals surface area contributed by atoms with Crippen LogP contribution in [0.3, 0.4) is 0 Å². The fourth-order valence-electron chi connectivity index (χ4n) is 4.45. The number of rotatable bonds is 4. The van der Waals surface area contributed by atoms with E-state index in [2.05, 4.69) is 71.0 Å². The Kier molecular flexibility index (Phi) is 5.46. The van der Waals surface area contributed by atoms with E-state index in [-0.39, 0.29) is 7.92 Å². The van der Waals surface area contributed by atoms with Gasteiger partial charge in [0.1, 0.15) is 0 Å². The lowest BCUT2D eigenvalue weighted by molar-refractivity contribution is 0.540. The van der Waals surface area contributed by atoms with E-state index in [1.807, 2.05) is 0 Å². The summed E-state index contributed by atoms with van der Waals surface area (Å²) in [7, 11) is -0.288. The largest absolute Gasteiger partial charge is 0.0577 e. The molecule has 0 saturated heterocycles. The zero-order chi connectivity index (χ0) is 17.3. The normalized spacial score (nSPS) is 16.8. The Hall–Kier alpha value is -1.13. The van der Waals surface area contributed by atoms with Crippen molar-refractivity contribution in [2.75, 3.05) is 0 Å². The monoisotopic (exact) mass is 338 g/mol. The topological polar surface area (TPSA) is 0 Å². The van der Waals surface area contributed by atoms with Gasteiger partial charge in [-0.15, -0.1) is 0 Å². The molecule has 0 bridgehead atoms. The molecule has 1 atom stereocenters. The Morgan fingerprint density at radius 1 is 0.708 bits per heavy atom. The molecule has 2 aromatic carbocycles. The summed E-state index contributed by atoms with van der Waals surface area (Å²) in [6.07, 6.45) is 5.71. The molecule has 0 radical (unpaired) electrons. The van der Waals surface area contributed by atoms with Crippen molar-refractivity contribution in [3.05, 3.63) is 58.7 Å². The molecule has 1 aliphatic rings. The molecule has 2 aromatic rings. The minimum absolute atomic E-state index is 0.288. The highest BCUT2D eigenvalue weighted by Gasteiger charge is 2.30. The highest BCUT2D eigenvalue weighted by Crippen LogP contribution is 2.47. The van der Waals surface area contributed by atoms with Crippen molar-refractivity contribution in [3.63, 3.8) is 0 Å². The van der Waals surface area contributed by atoms with Gasteiger partial charge in [-0.2, -0.15) is 0 Å². The lowest BCUT2D eigenvalue weighted by Gasteiger charge is -2.31. The second-order valence-corrected chi connectivity index (χ2v) is 10.4. The van der Waals surface area contributed by atoms with Crippen molar-refractivity contribution in [2.45, 2.75) is 66.0 Å². The zero-order valence-corrected chi connectivity index (χ0v) is 16.8. The van der Waals surface area contributed by atoms with Crippen LogP contribution in [0.25, 0.3) is 0 Å². The molecular formula is C23H31P. The summed E-state index contributed by atoms with van der Waals surface area (Å²) in [4.78, 5) is 0. The molecule has 0 N–H and O–H groups in total. The predicted molar refractivity (Wildman–Crippen MR) is 109 cm³/mol. The summed E-state index contributed by atoms with van der Waals surface area (Å²) in [6.45, 7) is 11.5. The van der Waals surface area contributed by atoms with E-state index < -0.39 is 0 Å². The van der Waals surface area contributed by atoms with Crippen LogP contribution in [0.5, 0.6) is 0 Å². The molecule has 0 amide bonds. The van der Waals surface area contributed by atoms with E-state index >= 15 is 0 Å². The van der Waals surface area contributed by atoms with Crippen molar-refractivity contribution in [1.82, 2.24) is 0 Å². The molecule has 1 fully saturated rings. The van der Waals surface area contributed by atoms with Gasteiger partial charge in [0, 0.05) is 0 Å². The van der Waals surface area contributed by atoms with Gasteiger partial charge in [0.05, 0.1) is 0 Å². The quantitative estimate of drug-likeness (QED) is 0.606. The summed E-state index contributed by atoms with van der Waals surface area (Å²) in [5.74, 6) is 0.901. The molecule has 1 heteroatoms. The standard InChI is InChI=1S/C23H31P/c1-16-10-17(2)13-22(12-16)24(20(5)21-8-6-7-9-21)23-14-18(3)11-19(4)15-23/h10-15,20-21H,6-9H2,1-5H3/t20-/m1/s1. The molecule has 0 spiro atoms. The van der Waals surface area contributed by atoms with Crippen LogP contribution in [-0.4, -0.2) is 5.66 Å². The van der Waals surface area contributed by atoms with E-state index in [0.29, 0.717) is 0 Å². The van der Waals surface area contributed by atoms with Crippen LogP contribution in [0, 0.1) is 33.6 Å². The van der Waals surface area contributed by atoms with E-state index in [1.165, 1.54) is 47.9 Å². The Morgan fingerprint density at radius 2 is 1.08 bits per heavy atom. The number of hydrogen-bond donors (Lipinski definition) is 0. The van der Waals surface area contributed by atoms with Crippen LogP contribution >= 0.6 is 7.92 Å².